The van der Waals surface area contributed by atoms with Crippen molar-refractivity contribution in [3.63, 3.8) is 0 Å². The largest absolute Gasteiger partial charge is 0.393 e. The van der Waals surface area contributed by atoms with Crippen molar-refractivity contribution in [2.45, 2.75) is 37.9 Å². The molecule has 20 heavy (non-hydrogen) atoms. The second kappa shape index (κ2) is 5.87. The Hall–Kier alpha value is -0.850. The Morgan fingerprint density at radius 3 is 2.35 bits per heavy atom. The Bertz CT molecular complexity index is 488. The fourth-order valence-corrected chi connectivity index (χ4v) is 2.87. The van der Waals surface area contributed by atoms with Crippen LogP contribution in [0.3, 0.4) is 0 Å². The highest BCUT2D eigenvalue weighted by atomic mass is 79.9. The minimum atomic E-state index is -4.31. The third kappa shape index (κ3) is 3.42. The zero-order valence-corrected chi connectivity index (χ0v) is 12.0. The molecular weight excluding hydrogens is 345 g/mol. The fourth-order valence-electron chi connectivity index (χ4n) is 2.53. The highest BCUT2D eigenvalue weighted by Crippen LogP contribution is 2.39. The van der Waals surface area contributed by atoms with E-state index in [-0.39, 0.29) is 16.6 Å². The first-order valence-corrected chi connectivity index (χ1v) is 7.06. The van der Waals surface area contributed by atoms with Crippen LogP contribution < -0.4 is 5.32 Å². The topological polar surface area (TPSA) is 12.0 Å². The Morgan fingerprint density at radius 2 is 1.70 bits per heavy atom. The van der Waals surface area contributed by atoms with Gasteiger partial charge in [0.2, 0.25) is 0 Å². The zero-order chi connectivity index (χ0) is 14.9. The number of nitrogens with one attached hydrogen (secondary N) is 1. The molecule has 0 radical (unpaired) electrons. The molecule has 1 fully saturated rings. The zero-order valence-electron chi connectivity index (χ0n) is 10.4. The predicted octanol–water partition coefficient (Wildman–Crippen LogP) is 5.26. The van der Waals surface area contributed by atoms with Gasteiger partial charge >= 0.3 is 6.18 Å². The number of halogens is 6. The van der Waals surface area contributed by atoms with E-state index >= 15 is 0 Å². The van der Waals surface area contributed by atoms with E-state index < -0.39 is 29.8 Å². The maximum Gasteiger partial charge on any atom is 0.393 e. The molecular formula is C13H13BrF5N. The van der Waals surface area contributed by atoms with E-state index in [2.05, 4.69) is 21.2 Å². The summed E-state index contributed by atoms with van der Waals surface area (Å²) in [5.41, 5.74) is -0.112. The van der Waals surface area contributed by atoms with Crippen molar-refractivity contribution >= 4 is 21.6 Å². The molecule has 0 heterocycles. The van der Waals surface area contributed by atoms with Gasteiger partial charge in [-0.2, -0.15) is 13.2 Å². The molecule has 2 rings (SSSR count). The fraction of sp³-hybridized carbons (Fsp3) is 0.538. The Balaban J connectivity index is 2.21. The van der Waals surface area contributed by atoms with E-state index in [0.29, 0.717) is 25.3 Å². The first-order chi connectivity index (χ1) is 9.29. The van der Waals surface area contributed by atoms with E-state index in [1.807, 2.05) is 0 Å². The van der Waals surface area contributed by atoms with Gasteiger partial charge in [0.15, 0.2) is 0 Å². The summed E-state index contributed by atoms with van der Waals surface area (Å²) >= 11 is 2.90. The highest BCUT2D eigenvalue weighted by molar-refractivity contribution is 9.10. The standard InChI is InChI=1S/C13H13BrF5N/c14-8-5-12(10(16)6-9(8)15)20-11-4-2-1-3-7(11)13(17,18)19/h5-7,11,20H,1-4H2. The van der Waals surface area contributed by atoms with Crippen LogP contribution in [0.4, 0.5) is 27.6 Å². The number of anilines is 1. The summed E-state index contributed by atoms with van der Waals surface area (Å²) in [4.78, 5) is 0. The molecule has 1 aromatic rings. The van der Waals surface area contributed by atoms with Gasteiger partial charge in [-0.25, -0.2) is 8.78 Å². The molecule has 1 nitrogen and oxygen atoms in total. The van der Waals surface area contributed by atoms with E-state index in [4.69, 9.17) is 0 Å². The van der Waals surface area contributed by atoms with Crippen molar-refractivity contribution in [2.24, 2.45) is 5.92 Å². The Labute approximate surface area is 121 Å². The molecule has 0 aromatic heterocycles. The molecule has 0 spiro atoms. The molecule has 7 heteroatoms. The van der Waals surface area contributed by atoms with Gasteiger partial charge in [-0.15, -0.1) is 0 Å². The van der Waals surface area contributed by atoms with Crippen molar-refractivity contribution in [2.75, 3.05) is 5.32 Å². The molecule has 0 amide bonds. The minimum Gasteiger partial charge on any atom is -0.379 e. The van der Waals surface area contributed by atoms with E-state index in [0.717, 1.165) is 6.07 Å². The van der Waals surface area contributed by atoms with Gasteiger partial charge in [-0.3, -0.25) is 0 Å². The van der Waals surface area contributed by atoms with Gasteiger partial charge in [0.25, 0.3) is 0 Å². The summed E-state index contributed by atoms with van der Waals surface area (Å²) in [5.74, 6) is -3.18. The molecule has 2 atom stereocenters. The summed E-state index contributed by atoms with van der Waals surface area (Å²) in [6, 6.07) is 0.903. The summed E-state index contributed by atoms with van der Waals surface area (Å²) in [6.45, 7) is 0. The monoisotopic (exact) mass is 357 g/mol. The first-order valence-electron chi connectivity index (χ1n) is 6.27. The van der Waals surface area contributed by atoms with Gasteiger partial charge in [-0.05, 0) is 34.8 Å². The lowest BCUT2D eigenvalue weighted by Gasteiger charge is -2.34. The minimum absolute atomic E-state index is 0.0146. The van der Waals surface area contributed by atoms with Crippen LogP contribution >= 0.6 is 15.9 Å². The van der Waals surface area contributed by atoms with Crippen LogP contribution in [0.15, 0.2) is 16.6 Å². The molecule has 1 aromatic carbocycles. The predicted molar refractivity (Wildman–Crippen MR) is 69.5 cm³/mol. The molecule has 0 bridgehead atoms. The van der Waals surface area contributed by atoms with Gasteiger partial charge in [0.05, 0.1) is 16.1 Å². The van der Waals surface area contributed by atoms with Crippen molar-refractivity contribution in [3.8, 4) is 0 Å². The Kier molecular flexibility index (Phi) is 4.56. The second-order valence-corrected chi connectivity index (χ2v) is 5.78. The molecule has 112 valence electrons. The second-order valence-electron chi connectivity index (χ2n) is 4.93. The van der Waals surface area contributed by atoms with Crippen molar-refractivity contribution < 1.29 is 22.0 Å². The van der Waals surface area contributed by atoms with E-state index in [9.17, 15) is 22.0 Å². The van der Waals surface area contributed by atoms with Crippen LogP contribution in [0.2, 0.25) is 0 Å². The molecule has 1 aliphatic rings. The molecule has 1 saturated carbocycles. The number of alkyl halides is 3. The molecule has 0 aliphatic heterocycles. The maximum atomic E-state index is 13.6. The average molecular weight is 358 g/mol. The third-order valence-corrected chi connectivity index (χ3v) is 4.14. The van der Waals surface area contributed by atoms with Gasteiger partial charge in [-0.1, -0.05) is 12.8 Å². The number of hydrogen-bond donors (Lipinski definition) is 1. The third-order valence-electron chi connectivity index (χ3n) is 3.54. The molecule has 1 aliphatic carbocycles. The van der Waals surface area contributed by atoms with Crippen LogP contribution in [0.5, 0.6) is 0 Å². The molecule has 2 unspecified atom stereocenters. The Morgan fingerprint density at radius 1 is 1.05 bits per heavy atom. The first kappa shape index (κ1) is 15.5. The summed E-state index contributed by atoms with van der Waals surface area (Å²) < 4.78 is 65.5. The SMILES string of the molecule is Fc1cc(F)c(NC2CCCCC2C(F)(F)F)cc1Br. The van der Waals surface area contributed by atoms with E-state index in [1.54, 1.807) is 0 Å². The lowest BCUT2D eigenvalue weighted by atomic mass is 9.84. The quantitative estimate of drug-likeness (QED) is 0.562. The normalized spacial score (nSPS) is 23.7. The molecule has 1 N–H and O–H groups in total. The van der Waals surface area contributed by atoms with Crippen LogP contribution in [0, 0.1) is 17.6 Å². The van der Waals surface area contributed by atoms with Crippen molar-refractivity contribution in [1.29, 1.82) is 0 Å². The van der Waals surface area contributed by atoms with Crippen molar-refractivity contribution in [3.05, 3.63) is 28.2 Å². The van der Waals surface area contributed by atoms with Crippen LogP contribution in [-0.4, -0.2) is 12.2 Å². The molecule has 0 saturated heterocycles. The van der Waals surface area contributed by atoms with Gasteiger partial charge in [0, 0.05) is 12.1 Å². The van der Waals surface area contributed by atoms with Crippen molar-refractivity contribution in [1.82, 2.24) is 0 Å². The van der Waals surface area contributed by atoms with Gasteiger partial charge in [0.1, 0.15) is 11.6 Å². The van der Waals surface area contributed by atoms with Crippen LogP contribution in [-0.2, 0) is 0 Å². The average Bonchev–Trinajstić information content (AvgIpc) is 2.35. The van der Waals surface area contributed by atoms with Crippen LogP contribution in [0.25, 0.3) is 0 Å². The van der Waals surface area contributed by atoms with Crippen LogP contribution in [0.1, 0.15) is 25.7 Å². The van der Waals surface area contributed by atoms with E-state index in [1.165, 1.54) is 0 Å². The smallest absolute Gasteiger partial charge is 0.379 e. The maximum absolute atomic E-state index is 13.6. The lowest BCUT2D eigenvalue weighted by Crippen LogP contribution is -2.41. The highest BCUT2D eigenvalue weighted by Gasteiger charge is 2.45. The summed E-state index contributed by atoms with van der Waals surface area (Å²) in [7, 11) is 0. The number of rotatable bonds is 2. The summed E-state index contributed by atoms with van der Waals surface area (Å²) in [5, 5.41) is 2.58. The number of hydrogen-bond acceptors (Lipinski definition) is 1. The summed E-state index contributed by atoms with van der Waals surface area (Å²) in [6.07, 6.45) is -2.79. The number of benzene rings is 1. The lowest BCUT2D eigenvalue weighted by molar-refractivity contribution is -0.184. The van der Waals surface area contributed by atoms with Gasteiger partial charge < -0.3 is 5.32 Å².